The third-order valence-electron chi connectivity index (χ3n) is 3.33. The third kappa shape index (κ3) is 5.20. The van der Waals surface area contributed by atoms with E-state index < -0.39 is 5.91 Å². The van der Waals surface area contributed by atoms with Crippen molar-refractivity contribution in [3.8, 4) is 11.8 Å². The van der Waals surface area contributed by atoms with Crippen LogP contribution in [-0.4, -0.2) is 33.3 Å². The number of pyridine rings is 2. The van der Waals surface area contributed by atoms with E-state index in [1.165, 1.54) is 17.5 Å². The van der Waals surface area contributed by atoms with Crippen molar-refractivity contribution in [3.63, 3.8) is 0 Å². The van der Waals surface area contributed by atoms with Gasteiger partial charge >= 0.3 is 0 Å². The lowest BCUT2D eigenvalue weighted by molar-refractivity contribution is -0.115. The molecule has 0 unspecified atom stereocenters. The quantitative estimate of drug-likeness (QED) is 0.678. The lowest BCUT2D eigenvalue weighted by Gasteiger charge is -2.04. The van der Waals surface area contributed by atoms with E-state index in [0.29, 0.717) is 5.13 Å². The molecule has 0 atom stereocenters. The molecule has 0 aliphatic heterocycles. The zero-order valence-electron chi connectivity index (χ0n) is 14.4. The van der Waals surface area contributed by atoms with Crippen molar-refractivity contribution in [3.05, 3.63) is 70.8 Å². The van der Waals surface area contributed by atoms with Crippen LogP contribution in [0.3, 0.4) is 0 Å². The average Bonchev–Trinajstić information content (AvgIpc) is 3.05. The van der Waals surface area contributed by atoms with Crippen molar-refractivity contribution in [2.45, 2.75) is 6.92 Å². The molecule has 7 nitrogen and oxygen atoms in total. The van der Waals surface area contributed by atoms with Gasteiger partial charge in [0.1, 0.15) is 10.6 Å². The van der Waals surface area contributed by atoms with E-state index in [-0.39, 0.29) is 18.1 Å². The summed E-state index contributed by atoms with van der Waals surface area (Å²) in [5, 5.41) is 5.61. The summed E-state index contributed by atoms with van der Waals surface area (Å²) in [5.41, 5.74) is 1.78. The molecule has 0 saturated carbocycles. The van der Waals surface area contributed by atoms with E-state index in [9.17, 15) is 9.59 Å². The van der Waals surface area contributed by atoms with Crippen molar-refractivity contribution >= 4 is 28.3 Å². The summed E-state index contributed by atoms with van der Waals surface area (Å²) in [7, 11) is 0. The van der Waals surface area contributed by atoms with Crippen molar-refractivity contribution < 1.29 is 9.59 Å². The molecule has 0 aliphatic rings. The van der Waals surface area contributed by atoms with Gasteiger partial charge in [0.05, 0.1) is 12.2 Å². The largest absolute Gasteiger partial charge is 0.342 e. The van der Waals surface area contributed by atoms with Crippen LogP contribution < -0.4 is 10.6 Å². The van der Waals surface area contributed by atoms with Crippen molar-refractivity contribution in [1.82, 2.24) is 20.3 Å². The van der Waals surface area contributed by atoms with E-state index in [2.05, 4.69) is 37.4 Å². The first-order valence-corrected chi connectivity index (χ1v) is 8.82. The third-order valence-corrected chi connectivity index (χ3v) is 4.32. The number of amides is 2. The summed E-state index contributed by atoms with van der Waals surface area (Å²) in [6, 6.07) is 8.67. The summed E-state index contributed by atoms with van der Waals surface area (Å²) >= 11 is 1.28. The molecule has 0 spiro atoms. The smallest absolute Gasteiger partial charge is 0.270 e. The molecule has 0 fully saturated rings. The maximum atomic E-state index is 12.0. The highest BCUT2D eigenvalue weighted by Crippen LogP contribution is 2.21. The Hall–Kier alpha value is -3.57. The highest BCUT2D eigenvalue weighted by Gasteiger charge is 2.11. The predicted octanol–water partition coefficient (Wildman–Crippen LogP) is 2.01. The second-order valence-corrected chi connectivity index (χ2v) is 6.37. The van der Waals surface area contributed by atoms with Crippen molar-refractivity contribution in [1.29, 1.82) is 0 Å². The Bertz CT molecular complexity index is 1010. The molecule has 3 heterocycles. The molecule has 3 rings (SSSR count). The molecule has 8 heteroatoms. The molecule has 0 bridgehead atoms. The minimum absolute atomic E-state index is 0.176. The Morgan fingerprint density at radius 2 is 2.04 bits per heavy atom. The van der Waals surface area contributed by atoms with Gasteiger partial charge in [-0.15, -0.1) is 0 Å². The van der Waals surface area contributed by atoms with E-state index in [1.807, 2.05) is 19.1 Å². The number of thiazole rings is 1. The van der Waals surface area contributed by atoms with Crippen molar-refractivity contribution in [2.75, 3.05) is 11.9 Å². The fourth-order valence-electron chi connectivity index (χ4n) is 2.04. The lowest BCUT2D eigenvalue weighted by atomic mass is 10.3. The molecule has 0 aliphatic carbocycles. The van der Waals surface area contributed by atoms with Crippen LogP contribution in [0.1, 0.15) is 26.6 Å². The molecule has 0 aromatic carbocycles. The molecule has 3 aromatic rings. The summed E-state index contributed by atoms with van der Waals surface area (Å²) in [4.78, 5) is 36.9. The lowest BCUT2D eigenvalue weighted by Crippen LogP contribution is -2.33. The molecule has 0 saturated heterocycles. The maximum Gasteiger partial charge on any atom is 0.270 e. The van der Waals surface area contributed by atoms with Crippen LogP contribution in [0.4, 0.5) is 5.13 Å². The minimum atomic E-state index is -0.413. The normalized spacial score (nSPS) is 9.81. The Labute approximate surface area is 159 Å². The van der Waals surface area contributed by atoms with Gasteiger partial charge in [0.15, 0.2) is 5.13 Å². The number of carbonyl (C=O) groups excluding carboxylic acids is 2. The summed E-state index contributed by atoms with van der Waals surface area (Å²) in [5.74, 6) is 5.25. The second-order valence-electron chi connectivity index (χ2n) is 5.37. The second kappa shape index (κ2) is 8.69. The summed E-state index contributed by atoms with van der Waals surface area (Å²) in [6.07, 6.45) is 4.88. The van der Waals surface area contributed by atoms with Gasteiger partial charge in [0.2, 0.25) is 5.91 Å². The fourth-order valence-corrected chi connectivity index (χ4v) is 2.88. The number of nitrogens with zero attached hydrogens (tertiary/aromatic N) is 3. The standard InChI is InChI=1S/C19H15N5O2S/c1-13-16(8-7-14-5-4-9-20-11-14)27-19(23-13)24-17(25)12-22-18(26)15-6-2-3-10-21-15/h2-6,9-11H,12H2,1H3,(H,22,26)(H,23,24,25). The molecule has 2 amide bonds. The van der Waals surface area contributed by atoms with Gasteiger partial charge in [-0.2, -0.15) is 0 Å². The van der Waals surface area contributed by atoms with Crippen LogP contribution in [0.2, 0.25) is 0 Å². The van der Waals surface area contributed by atoms with E-state index >= 15 is 0 Å². The molecular formula is C19H15N5O2S. The summed E-state index contributed by atoms with van der Waals surface area (Å²) < 4.78 is 0. The molecule has 3 aromatic heterocycles. The number of aromatic nitrogens is 3. The number of rotatable bonds is 4. The highest BCUT2D eigenvalue weighted by molar-refractivity contribution is 7.16. The van der Waals surface area contributed by atoms with Gasteiger partial charge in [0, 0.05) is 24.2 Å². The molecular weight excluding hydrogens is 362 g/mol. The Kier molecular flexibility index (Phi) is 5.87. The number of anilines is 1. The van der Waals surface area contributed by atoms with Crippen LogP contribution in [0, 0.1) is 18.8 Å². The van der Waals surface area contributed by atoms with Crippen LogP contribution in [0.25, 0.3) is 0 Å². The van der Waals surface area contributed by atoms with Gasteiger partial charge in [-0.05, 0) is 37.1 Å². The summed E-state index contributed by atoms with van der Waals surface area (Å²) in [6.45, 7) is 1.65. The average molecular weight is 377 g/mol. The molecule has 2 N–H and O–H groups in total. The first-order chi connectivity index (χ1) is 13.1. The van der Waals surface area contributed by atoms with Gasteiger partial charge in [-0.3, -0.25) is 19.6 Å². The van der Waals surface area contributed by atoms with Gasteiger partial charge in [-0.1, -0.05) is 23.3 Å². The number of carbonyl (C=O) groups is 2. The molecule has 0 radical (unpaired) electrons. The Balaban J connectivity index is 1.57. The first-order valence-electron chi connectivity index (χ1n) is 8.00. The van der Waals surface area contributed by atoms with E-state index in [1.54, 1.807) is 30.6 Å². The number of hydrogen-bond donors (Lipinski definition) is 2. The predicted molar refractivity (Wildman–Crippen MR) is 102 cm³/mol. The fraction of sp³-hybridized carbons (Fsp3) is 0.105. The van der Waals surface area contributed by atoms with E-state index in [0.717, 1.165) is 16.1 Å². The molecule has 134 valence electrons. The number of aryl methyl sites for hydroxylation is 1. The topological polar surface area (TPSA) is 96.9 Å². The van der Waals surface area contributed by atoms with Gasteiger partial charge in [0.25, 0.3) is 5.91 Å². The Morgan fingerprint density at radius 1 is 1.15 bits per heavy atom. The zero-order valence-corrected chi connectivity index (χ0v) is 15.2. The van der Waals surface area contributed by atoms with Crippen LogP contribution in [0.5, 0.6) is 0 Å². The Morgan fingerprint density at radius 3 is 2.78 bits per heavy atom. The number of hydrogen-bond acceptors (Lipinski definition) is 6. The SMILES string of the molecule is Cc1nc(NC(=O)CNC(=O)c2ccccn2)sc1C#Cc1cccnc1. The van der Waals surface area contributed by atoms with Crippen molar-refractivity contribution in [2.24, 2.45) is 0 Å². The van der Waals surface area contributed by atoms with Crippen LogP contribution >= 0.6 is 11.3 Å². The van der Waals surface area contributed by atoms with Gasteiger partial charge in [-0.25, -0.2) is 4.98 Å². The zero-order chi connectivity index (χ0) is 19.1. The van der Waals surface area contributed by atoms with Gasteiger partial charge < -0.3 is 10.6 Å². The first kappa shape index (κ1) is 18.2. The highest BCUT2D eigenvalue weighted by atomic mass is 32.1. The molecule has 27 heavy (non-hydrogen) atoms. The monoisotopic (exact) mass is 377 g/mol. The number of nitrogens with one attached hydrogen (secondary N) is 2. The minimum Gasteiger partial charge on any atom is -0.342 e. The maximum absolute atomic E-state index is 12.0. The van der Waals surface area contributed by atoms with Crippen LogP contribution in [-0.2, 0) is 4.79 Å². The van der Waals surface area contributed by atoms with E-state index in [4.69, 9.17) is 0 Å². The van der Waals surface area contributed by atoms with Crippen LogP contribution in [0.15, 0.2) is 48.9 Å².